The fourth-order valence-electron chi connectivity index (χ4n) is 3.62. The molecule has 0 aliphatic heterocycles. The topological polar surface area (TPSA) is 101 Å². The molecule has 2 aromatic heterocycles. The molecule has 162 valence electrons. The van der Waals surface area contributed by atoms with E-state index in [0.29, 0.717) is 11.0 Å². The number of hydrogen-bond donors (Lipinski definition) is 1. The number of fused-ring (bicyclic) bond motifs is 2. The maximum absolute atomic E-state index is 12.6. The molecule has 0 saturated heterocycles. The molecule has 2 heterocycles. The lowest BCUT2D eigenvalue weighted by molar-refractivity contribution is 0.104. The number of hydrogen-bond acceptors (Lipinski definition) is 7. The van der Waals surface area contributed by atoms with Gasteiger partial charge in [0.15, 0.2) is 5.78 Å². The van der Waals surface area contributed by atoms with Gasteiger partial charge in [-0.15, -0.1) is 0 Å². The largest absolute Gasteiger partial charge is 0.506 e. The van der Waals surface area contributed by atoms with E-state index in [0.717, 1.165) is 24.9 Å². The third kappa shape index (κ3) is 3.80. The number of nitrogens with zero attached hydrogens (tertiary/aromatic N) is 1. The van der Waals surface area contributed by atoms with Crippen LogP contribution in [0.1, 0.15) is 29.8 Å². The molecule has 0 amide bonds. The first-order valence-corrected chi connectivity index (χ1v) is 10.2. The van der Waals surface area contributed by atoms with Gasteiger partial charge in [-0.3, -0.25) is 4.79 Å². The molecule has 1 N–H and O–H groups in total. The van der Waals surface area contributed by atoms with Crippen LogP contribution in [0.3, 0.4) is 0 Å². The Labute approximate surface area is 182 Å². The van der Waals surface area contributed by atoms with Gasteiger partial charge < -0.3 is 18.8 Å². The van der Waals surface area contributed by atoms with Crippen LogP contribution in [0.25, 0.3) is 28.0 Å². The second-order valence-corrected chi connectivity index (χ2v) is 7.19. The highest BCUT2D eigenvalue weighted by molar-refractivity contribution is 6.10. The number of aromatic hydroxyl groups is 1. The Bertz CT molecular complexity index is 1470. The summed E-state index contributed by atoms with van der Waals surface area (Å²) < 4.78 is 10.6. The van der Waals surface area contributed by atoms with Gasteiger partial charge in [-0.05, 0) is 56.3 Å². The molecule has 32 heavy (non-hydrogen) atoms. The molecular formula is C25H21NO6. The van der Waals surface area contributed by atoms with Crippen LogP contribution in [0.15, 0.2) is 73.0 Å². The molecule has 4 aromatic rings. The van der Waals surface area contributed by atoms with E-state index in [1.54, 1.807) is 30.3 Å². The van der Waals surface area contributed by atoms with Crippen LogP contribution in [0.5, 0.6) is 5.75 Å². The highest BCUT2D eigenvalue weighted by atomic mass is 16.4. The van der Waals surface area contributed by atoms with Crippen LogP contribution >= 0.6 is 0 Å². The Morgan fingerprint density at radius 2 is 1.69 bits per heavy atom. The number of para-hydroxylation sites is 1. The first-order valence-electron chi connectivity index (χ1n) is 10.2. The molecule has 0 aliphatic carbocycles. The van der Waals surface area contributed by atoms with Crippen molar-refractivity contribution >= 4 is 39.5 Å². The van der Waals surface area contributed by atoms with Crippen LogP contribution in [0.2, 0.25) is 0 Å². The molecule has 4 rings (SSSR count). The van der Waals surface area contributed by atoms with Crippen molar-refractivity contribution in [3.8, 4) is 5.75 Å². The summed E-state index contributed by atoms with van der Waals surface area (Å²) in [5, 5.41) is 11.3. The molecule has 0 aliphatic rings. The minimum atomic E-state index is -0.953. The van der Waals surface area contributed by atoms with Crippen molar-refractivity contribution in [3.05, 3.63) is 86.6 Å². The highest BCUT2D eigenvalue weighted by Crippen LogP contribution is 2.27. The second-order valence-electron chi connectivity index (χ2n) is 7.19. The zero-order valence-electron chi connectivity index (χ0n) is 17.6. The predicted molar refractivity (Wildman–Crippen MR) is 124 cm³/mol. The molecule has 0 bridgehead atoms. The van der Waals surface area contributed by atoms with Crippen LogP contribution in [-0.2, 0) is 0 Å². The molecule has 0 saturated carbocycles. The number of ketones is 1. The molecule has 0 fully saturated rings. The number of carbonyl (C=O) groups is 1. The lowest BCUT2D eigenvalue weighted by Crippen LogP contribution is -2.21. The van der Waals surface area contributed by atoms with Gasteiger partial charge in [-0.1, -0.05) is 12.1 Å². The Balaban J connectivity index is 1.69. The van der Waals surface area contributed by atoms with E-state index in [9.17, 15) is 19.5 Å². The molecule has 0 radical (unpaired) electrons. The van der Waals surface area contributed by atoms with Crippen molar-refractivity contribution in [1.82, 2.24) is 0 Å². The van der Waals surface area contributed by atoms with Gasteiger partial charge in [-0.25, -0.2) is 9.59 Å². The minimum Gasteiger partial charge on any atom is -0.506 e. The molecule has 7 nitrogen and oxygen atoms in total. The van der Waals surface area contributed by atoms with Crippen LogP contribution in [-0.4, -0.2) is 24.0 Å². The lowest BCUT2D eigenvalue weighted by Gasteiger charge is -2.20. The smallest absolute Gasteiger partial charge is 0.351 e. The second kappa shape index (κ2) is 8.55. The molecular weight excluding hydrogens is 410 g/mol. The fourth-order valence-corrected chi connectivity index (χ4v) is 3.62. The molecule has 0 spiro atoms. The summed E-state index contributed by atoms with van der Waals surface area (Å²) in [7, 11) is 0. The third-order valence-corrected chi connectivity index (χ3v) is 5.32. The van der Waals surface area contributed by atoms with Crippen molar-refractivity contribution in [1.29, 1.82) is 0 Å². The van der Waals surface area contributed by atoms with E-state index in [4.69, 9.17) is 8.83 Å². The van der Waals surface area contributed by atoms with Gasteiger partial charge in [0.2, 0.25) is 0 Å². The van der Waals surface area contributed by atoms with Crippen LogP contribution in [0, 0.1) is 0 Å². The summed E-state index contributed by atoms with van der Waals surface area (Å²) >= 11 is 0. The number of carbonyl (C=O) groups excluding carboxylic acids is 1. The Morgan fingerprint density at radius 3 is 2.44 bits per heavy atom. The summed E-state index contributed by atoms with van der Waals surface area (Å²) in [6.45, 7) is 5.74. The normalized spacial score (nSPS) is 11.4. The Kier molecular flexibility index (Phi) is 5.64. The summed E-state index contributed by atoms with van der Waals surface area (Å²) in [5.41, 5.74) is -0.355. The summed E-state index contributed by atoms with van der Waals surface area (Å²) in [6.07, 6.45) is 2.31. The fraction of sp³-hybridized carbons (Fsp3) is 0.160. The average Bonchev–Trinajstić information content (AvgIpc) is 2.78. The Hall–Kier alpha value is -4.13. The van der Waals surface area contributed by atoms with Crippen molar-refractivity contribution in [3.63, 3.8) is 0 Å². The van der Waals surface area contributed by atoms with Crippen LogP contribution in [0.4, 0.5) is 5.69 Å². The molecule has 2 aromatic carbocycles. The van der Waals surface area contributed by atoms with E-state index in [1.807, 2.05) is 26.0 Å². The van der Waals surface area contributed by atoms with Crippen molar-refractivity contribution < 1.29 is 18.7 Å². The van der Waals surface area contributed by atoms with E-state index < -0.39 is 28.3 Å². The zero-order chi connectivity index (χ0) is 22.8. The maximum Gasteiger partial charge on any atom is 0.351 e. The summed E-state index contributed by atoms with van der Waals surface area (Å²) in [4.78, 5) is 39.4. The average molecular weight is 431 g/mol. The Morgan fingerprint density at radius 1 is 0.969 bits per heavy atom. The van der Waals surface area contributed by atoms with E-state index in [1.165, 1.54) is 12.1 Å². The maximum atomic E-state index is 12.6. The number of allylic oxidation sites excluding steroid dienone is 1. The van der Waals surface area contributed by atoms with Crippen molar-refractivity contribution in [2.45, 2.75) is 13.8 Å². The number of benzene rings is 2. The predicted octanol–water partition coefficient (Wildman–Crippen LogP) is 4.35. The van der Waals surface area contributed by atoms with Gasteiger partial charge in [0, 0.05) is 30.2 Å². The van der Waals surface area contributed by atoms with Crippen molar-refractivity contribution in [2.24, 2.45) is 0 Å². The van der Waals surface area contributed by atoms with Crippen LogP contribution < -0.4 is 16.2 Å². The highest BCUT2D eigenvalue weighted by Gasteiger charge is 2.19. The van der Waals surface area contributed by atoms with Gasteiger partial charge in [0.05, 0.1) is 10.9 Å². The summed E-state index contributed by atoms with van der Waals surface area (Å²) in [6, 6.07) is 13.6. The SMILES string of the molecule is CCN(CC)c1ccc2cc(/C=C/C(=O)c3c(O)c4ccccc4oc3=O)c(=O)oc2c1. The monoisotopic (exact) mass is 431 g/mol. The third-order valence-electron chi connectivity index (χ3n) is 5.32. The number of rotatable bonds is 6. The molecule has 0 unspecified atom stereocenters. The van der Waals surface area contributed by atoms with E-state index in [2.05, 4.69) is 4.90 Å². The molecule has 0 atom stereocenters. The quantitative estimate of drug-likeness (QED) is 0.275. The first kappa shape index (κ1) is 21.1. The lowest BCUT2D eigenvalue weighted by atomic mass is 10.1. The van der Waals surface area contributed by atoms with E-state index >= 15 is 0 Å². The number of anilines is 1. The van der Waals surface area contributed by atoms with Gasteiger partial charge >= 0.3 is 11.3 Å². The van der Waals surface area contributed by atoms with Gasteiger partial charge in [-0.2, -0.15) is 0 Å². The zero-order valence-corrected chi connectivity index (χ0v) is 17.6. The van der Waals surface area contributed by atoms with Crippen molar-refractivity contribution in [2.75, 3.05) is 18.0 Å². The van der Waals surface area contributed by atoms with Gasteiger partial charge in [0.25, 0.3) is 0 Å². The summed E-state index contributed by atoms with van der Waals surface area (Å²) in [5.74, 6) is -1.24. The van der Waals surface area contributed by atoms with E-state index in [-0.39, 0.29) is 16.5 Å². The molecule has 7 heteroatoms. The first-order chi connectivity index (χ1) is 15.4. The van der Waals surface area contributed by atoms with Gasteiger partial charge in [0.1, 0.15) is 22.5 Å². The minimum absolute atomic E-state index is 0.145. The standard InChI is InChI=1S/C25H21NO6/c1-3-26(4-2)17-11-9-15-13-16(24(29)32-21(15)14-17)10-12-19(27)22-23(28)18-7-5-6-8-20(18)31-25(22)30/h5-14,28H,3-4H2,1-2H3/b12-10+.